The van der Waals surface area contributed by atoms with Gasteiger partial charge in [-0.25, -0.2) is 0 Å². The van der Waals surface area contributed by atoms with Gasteiger partial charge in [-0.1, -0.05) is 31.3 Å². The topological polar surface area (TPSA) is 65.7 Å². The number of aryl methyl sites for hydroxylation is 1. The summed E-state index contributed by atoms with van der Waals surface area (Å²) in [6.07, 6.45) is 10.4. The molecule has 3 rings (SSSR count). The molecule has 1 saturated carbocycles. The van der Waals surface area contributed by atoms with Gasteiger partial charge in [0.05, 0.1) is 12.2 Å². The number of aromatic nitrogens is 1. The Morgan fingerprint density at radius 3 is 2.64 bits per heavy atom. The van der Waals surface area contributed by atoms with E-state index in [1.54, 1.807) is 0 Å². The predicted octanol–water partition coefficient (Wildman–Crippen LogP) is 2.70. The molecule has 0 radical (unpaired) electrons. The standard InChI is InChI=1S/C19H33N5O/c1-3-15-13-18(25-23-15)14-21-19(20-2)22-16-9-11-24(12-10-16)17-7-5-4-6-8-17/h13,16-17H,3-12,14H2,1-2H3,(H2,20,21,22). The maximum atomic E-state index is 5.32. The van der Waals surface area contributed by atoms with Crippen molar-refractivity contribution in [1.82, 2.24) is 20.7 Å². The Kier molecular flexibility index (Phi) is 6.73. The van der Waals surface area contributed by atoms with Gasteiger partial charge in [0.15, 0.2) is 11.7 Å². The largest absolute Gasteiger partial charge is 0.359 e. The molecule has 1 aliphatic heterocycles. The molecule has 0 spiro atoms. The fraction of sp³-hybridized carbons (Fsp3) is 0.789. The summed E-state index contributed by atoms with van der Waals surface area (Å²) in [5.74, 6) is 1.71. The Morgan fingerprint density at radius 1 is 1.24 bits per heavy atom. The Balaban J connectivity index is 1.40. The molecule has 1 aromatic heterocycles. The number of rotatable bonds is 5. The molecule has 1 aliphatic carbocycles. The molecule has 140 valence electrons. The van der Waals surface area contributed by atoms with E-state index >= 15 is 0 Å². The first-order chi connectivity index (χ1) is 12.3. The van der Waals surface area contributed by atoms with Gasteiger partial charge in [0, 0.05) is 38.3 Å². The van der Waals surface area contributed by atoms with Gasteiger partial charge in [0.2, 0.25) is 0 Å². The van der Waals surface area contributed by atoms with Crippen molar-refractivity contribution in [1.29, 1.82) is 0 Å². The van der Waals surface area contributed by atoms with E-state index in [1.165, 1.54) is 58.0 Å². The van der Waals surface area contributed by atoms with Gasteiger partial charge in [-0.2, -0.15) is 0 Å². The van der Waals surface area contributed by atoms with E-state index in [0.29, 0.717) is 12.6 Å². The highest BCUT2D eigenvalue weighted by Gasteiger charge is 2.26. The van der Waals surface area contributed by atoms with E-state index < -0.39 is 0 Å². The molecule has 2 aliphatic rings. The highest BCUT2D eigenvalue weighted by atomic mass is 16.5. The molecular formula is C19H33N5O. The van der Waals surface area contributed by atoms with Gasteiger partial charge in [0.1, 0.15) is 0 Å². The molecular weight excluding hydrogens is 314 g/mol. The Hall–Kier alpha value is -1.56. The van der Waals surface area contributed by atoms with Crippen molar-refractivity contribution in [2.75, 3.05) is 20.1 Å². The quantitative estimate of drug-likeness (QED) is 0.633. The second kappa shape index (κ2) is 9.22. The molecule has 25 heavy (non-hydrogen) atoms. The van der Waals surface area contributed by atoms with E-state index in [1.807, 2.05) is 13.1 Å². The number of aliphatic imine (C=N–C) groups is 1. The third kappa shape index (κ3) is 5.21. The van der Waals surface area contributed by atoms with Crippen molar-refractivity contribution in [3.63, 3.8) is 0 Å². The molecule has 0 atom stereocenters. The average molecular weight is 348 g/mol. The number of piperidine rings is 1. The SMILES string of the molecule is CCc1cc(CNC(=NC)NC2CCN(C3CCCCC3)CC2)on1. The van der Waals surface area contributed by atoms with Gasteiger partial charge in [-0.15, -0.1) is 0 Å². The molecule has 0 aromatic carbocycles. The molecule has 0 bridgehead atoms. The molecule has 1 aromatic rings. The van der Waals surface area contributed by atoms with E-state index in [-0.39, 0.29) is 0 Å². The maximum absolute atomic E-state index is 5.32. The lowest BCUT2D eigenvalue weighted by Gasteiger charge is -2.39. The van der Waals surface area contributed by atoms with E-state index in [0.717, 1.165) is 29.9 Å². The number of likely N-dealkylation sites (tertiary alicyclic amines) is 1. The number of hydrogen-bond donors (Lipinski definition) is 2. The molecule has 2 fully saturated rings. The van der Waals surface area contributed by atoms with E-state index in [9.17, 15) is 0 Å². The van der Waals surface area contributed by atoms with Crippen LogP contribution < -0.4 is 10.6 Å². The average Bonchev–Trinajstić information content (AvgIpc) is 3.14. The van der Waals surface area contributed by atoms with Crippen molar-refractivity contribution >= 4 is 5.96 Å². The van der Waals surface area contributed by atoms with Crippen molar-refractivity contribution in [3.05, 3.63) is 17.5 Å². The van der Waals surface area contributed by atoms with Crippen molar-refractivity contribution in [2.45, 2.75) is 76.9 Å². The number of guanidine groups is 1. The molecule has 1 saturated heterocycles. The number of nitrogens with one attached hydrogen (secondary N) is 2. The van der Waals surface area contributed by atoms with Crippen LogP contribution in [-0.2, 0) is 13.0 Å². The fourth-order valence-corrected chi connectivity index (χ4v) is 4.02. The molecule has 2 N–H and O–H groups in total. The smallest absolute Gasteiger partial charge is 0.191 e. The van der Waals surface area contributed by atoms with Gasteiger partial charge >= 0.3 is 0 Å². The monoisotopic (exact) mass is 347 g/mol. The summed E-state index contributed by atoms with van der Waals surface area (Å²) in [6, 6.07) is 3.35. The molecule has 6 heteroatoms. The first kappa shape index (κ1) is 18.2. The lowest BCUT2D eigenvalue weighted by Crippen LogP contribution is -2.50. The van der Waals surface area contributed by atoms with Crippen molar-refractivity contribution in [3.8, 4) is 0 Å². The van der Waals surface area contributed by atoms with E-state index in [4.69, 9.17) is 4.52 Å². The van der Waals surface area contributed by atoms with Crippen LogP contribution in [0.15, 0.2) is 15.6 Å². The zero-order valence-electron chi connectivity index (χ0n) is 15.8. The van der Waals surface area contributed by atoms with Crippen LogP contribution in [0.1, 0.15) is 63.3 Å². The summed E-state index contributed by atoms with van der Waals surface area (Å²) in [4.78, 5) is 7.07. The second-order valence-electron chi connectivity index (χ2n) is 7.31. The van der Waals surface area contributed by atoms with E-state index in [2.05, 4.69) is 32.6 Å². The Morgan fingerprint density at radius 2 is 2.00 bits per heavy atom. The van der Waals surface area contributed by atoms with Crippen molar-refractivity contribution in [2.24, 2.45) is 4.99 Å². The maximum Gasteiger partial charge on any atom is 0.191 e. The van der Waals surface area contributed by atoms with Gasteiger partial charge in [-0.3, -0.25) is 4.99 Å². The number of nitrogens with zero attached hydrogens (tertiary/aromatic N) is 3. The minimum Gasteiger partial charge on any atom is -0.359 e. The number of hydrogen-bond acceptors (Lipinski definition) is 4. The van der Waals surface area contributed by atoms with Gasteiger partial charge < -0.3 is 20.1 Å². The normalized spacial score (nSPS) is 21.4. The molecule has 0 amide bonds. The first-order valence-corrected chi connectivity index (χ1v) is 9.94. The van der Waals surface area contributed by atoms with Crippen LogP contribution >= 0.6 is 0 Å². The molecule has 2 heterocycles. The van der Waals surface area contributed by atoms with Crippen LogP contribution in [0, 0.1) is 0 Å². The highest BCUT2D eigenvalue weighted by molar-refractivity contribution is 5.79. The molecule has 6 nitrogen and oxygen atoms in total. The highest BCUT2D eigenvalue weighted by Crippen LogP contribution is 2.25. The zero-order chi connectivity index (χ0) is 17.5. The van der Waals surface area contributed by atoms with Crippen LogP contribution in [0.5, 0.6) is 0 Å². The fourth-order valence-electron chi connectivity index (χ4n) is 4.02. The third-order valence-electron chi connectivity index (χ3n) is 5.59. The summed E-state index contributed by atoms with van der Waals surface area (Å²) in [5, 5.41) is 10.9. The van der Waals surface area contributed by atoms with Crippen LogP contribution in [-0.4, -0.2) is 48.2 Å². The van der Waals surface area contributed by atoms with Crippen LogP contribution in [0.2, 0.25) is 0 Å². The summed E-state index contributed by atoms with van der Waals surface area (Å²) >= 11 is 0. The van der Waals surface area contributed by atoms with Gasteiger partial charge in [-0.05, 0) is 32.1 Å². The Labute approximate surface area is 151 Å². The van der Waals surface area contributed by atoms with Gasteiger partial charge in [0.25, 0.3) is 0 Å². The lowest BCUT2D eigenvalue weighted by atomic mass is 9.92. The summed E-state index contributed by atoms with van der Waals surface area (Å²) in [7, 11) is 1.82. The van der Waals surface area contributed by atoms with Crippen LogP contribution in [0.3, 0.4) is 0 Å². The third-order valence-corrected chi connectivity index (χ3v) is 5.59. The van der Waals surface area contributed by atoms with Crippen LogP contribution in [0.4, 0.5) is 0 Å². The summed E-state index contributed by atoms with van der Waals surface area (Å²) < 4.78 is 5.32. The van der Waals surface area contributed by atoms with Crippen LogP contribution in [0.25, 0.3) is 0 Å². The Bertz CT molecular complexity index is 542. The summed E-state index contributed by atoms with van der Waals surface area (Å²) in [6.45, 7) is 5.12. The minimum atomic E-state index is 0.506. The minimum absolute atomic E-state index is 0.506. The lowest BCUT2D eigenvalue weighted by molar-refractivity contribution is 0.119. The predicted molar refractivity (Wildman–Crippen MR) is 101 cm³/mol. The summed E-state index contributed by atoms with van der Waals surface area (Å²) in [5.41, 5.74) is 0.995. The second-order valence-corrected chi connectivity index (χ2v) is 7.31. The first-order valence-electron chi connectivity index (χ1n) is 9.94. The molecule has 0 unspecified atom stereocenters. The van der Waals surface area contributed by atoms with Crippen molar-refractivity contribution < 1.29 is 4.52 Å². The zero-order valence-corrected chi connectivity index (χ0v) is 15.8.